The molecule has 19 heavy (non-hydrogen) atoms. The van der Waals surface area contributed by atoms with Crippen LogP contribution in [0.15, 0.2) is 12.4 Å². The van der Waals surface area contributed by atoms with Gasteiger partial charge in [0.25, 0.3) is 0 Å². The van der Waals surface area contributed by atoms with E-state index in [1.807, 2.05) is 6.92 Å². The molecule has 6 nitrogen and oxygen atoms in total. The minimum atomic E-state index is 0.0324. The fraction of sp³-hybridized carbons (Fsp3) is 0.615. The van der Waals surface area contributed by atoms with Crippen LogP contribution in [0.4, 0.5) is 0 Å². The molecule has 0 aliphatic heterocycles. The number of aromatic nitrogens is 2. The number of amides is 1. The summed E-state index contributed by atoms with van der Waals surface area (Å²) in [5.74, 6) is 0.0324. The number of rotatable bonds is 9. The largest absolute Gasteiger partial charge is 0.464 e. The standard InChI is InChI=1S/C13H21N3O3/c1-3-19-13-15-9-11(10-16-13)5-6-12(17)14-7-4-8-18-2/h9-10H,3-8H2,1-2H3,(H,14,17). The van der Waals surface area contributed by atoms with Crippen molar-refractivity contribution in [1.29, 1.82) is 0 Å². The molecule has 1 heterocycles. The minimum absolute atomic E-state index is 0.0324. The number of carbonyl (C=O) groups excluding carboxylic acids is 1. The second-order valence-electron chi connectivity index (χ2n) is 4.00. The van der Waals surface area contributed by atoms with E-state index in [9.17, 15) is 4.79 Å². The van der Waals surface area contributed by atoms with Gasteiger partial charge in [0.05, 0.1) is 6.61 Å². The number of hydrogen-bond acceptors (Lipinski definition) is 5. The number of ether oxygens (including phenoxy) is 2. The monoisotopic (exact) mass is 267 g/mol. The van der Waals surface area contributed by atoms with Gasteiger partial charge in [0, 0.05) is 39.1 Å². The van der Waals surface area contributed by atoms with Crippen molar-refractivity contribution in [2.75, 3.05) is 26.9 Å². The van der Waals surface area contributed by atoms with E-state index in [-0.39, 0.29) is 5.91 Å². The van der Waals surface area contributed by atoms with Crippen LogP contribution >= 0.6 is 0 Å². The molecule has 0 atom stereocenters. The van der Waals surface area contributed by atoms with Gasteiger partial charge in [-0.1, -0.05) is 0 Å². The SMILES string of the molecule is CCOc1ncc(CCC(=O)NCCCOC)cn1. The molecule has 1 aromatic heterocycles. The Labute approximate surface area is 113 Å². The number of carbonyl (C=O) groups is 1. The second-order valence-corrected chi connectivity index (χ2v) is 4.00. The molecule has 6 heteroatoms. The molecule has 0 aliphatic carbocycles. The van der Waals surface area contributed by atoms with Gasteiger partial charge in [-0.25, -0.2) is 9.97 Å². The first-order valence-corrected chi connectivity index (χ1v) is 6.45. The molecule has 0 unspecified atom stereocenters. The summed E-state index contributed by atoms with van der Waals surface area (Å²) in [6, 6.07) is 0.371. The molecule has 0 aromatic carbocycles. The van der Waals surface area contributed by atoms with Gasteiger partial charge >= 0.3 is 6.01 Å². The molecule has 0 aliphatic rings. The molecule has 0 fully saturated rings. The smallest absolute Gasteiger partial charge is 0.316 e. The highest BCUT2D eigenvalue weighted by molar-refractivity contribution is 5.76. The zero-order valence-corrected chi connectivity index (χ0v) is 11.5. The highest BCUT2D eigenvalue weighted by Crippen LogP contribution is 2.04. The van der Waals surface area contributed by atoms with Gasteiger partial charge in [-0.3, -0.25) is 4.79 Å². The second kappa shape index (κ2) is 9.27. The fourth-order valence-corrected chi connectivity index (χ4v) is 1.47. The first kappa shape index (κ1) is 15.4. The van der Waals surface area contributed by atoms with E-state index in [4.69, 9.17) is 9.47 Å². The van der Waals surface area contributed by atoms with Crippen LogP contribution in [0.3, 0.4) is 0 Å². The molecular weight excluding hydrogens is 246 g/mol. The summed E-state index contributed by atoms with van der Waals surface area (Å²) >= 11 is 0. The summed E-state index contributed by atoms with van der Waals surface area (Å²) in [5, 5.41) is 2.83. The van der Waals surface area contributed by atoms with Crippen LogP contribution in [-0.2, 0) is 16.0 Å². The van der Waals surface area contributed by atoms with E-state index in [0.29, 0.717) is 38.6 Å². The maximum Gasteiger partial charge on any atom is 0.316 e. The van der Waals surface area contributed by atoms with Crippen LogP contribution in [0.2, 0.25) is 0 Å². The van der Waals surface area contributed by atoms with Crippen LogP contribution in [0.5, 0.6) is 6.01 Å². The van der Waals surface area contributed by atoms with Crippen LogP contribution in [0.25, 0.3) is 0 Å². The molecule has 0 saturated carbocycles. The van der Waals surface area contributed by atoms with Gasteiger partial charge in [-0.05, 0) is 25.3 Å². The lowest BCUT2D eigenvalue weighted by Gasteiger charge is -2.05. The summed E-state index contributed by atoms with van der Waals surface area (Å²) in [4.78, 5) is 19.6. The van der Waals surface area contributed by atoms with E-state index >= 15 is 0 Å². The molecule has 1 amide bonds. The third-order valence-electron chi connectivity index (χ3n) is 2.44. The lowest BCUT2D eigenvalue weighted by atomic mass is 10.2. The van der Waals surface area contributed by atoms with Crippen molar-refractivity contribution < 1.29 is 14.3 Å². The van der Waals surface area contributed by atoms with E-state index < -0.39 is 0 Å². The summed E-state index contributed by atoms with van der Waals surface area (Å²) in [6.45, 7) is 3.73. The Hall–Kier alpha value is -1.69. The molecule has 1 rings (SSSR count). The Morgan fingerprint density at radius 3 is 2.74 bits per heavy atom. The maximum atomic E-state index is 11.5. The Bertz CT molecular complexity index is 368. The van der Waals surface area contributed by atoms with Gasteiger partial charge < -0.3 is 14.8 Å². The van der Waals surface area contributed by atoms with Gasteiger partial charge in [0.1, 0.15) is 0 Å². The van der Waals surface area contributed by atoms with Gasteiger partial charge in [0.2, 0.25) is 5.91 Å². The van der Waals surface area contributed by atoms with Crippen molar-refractivity contribution >= 4 is 5.91 Å². The average molecular weight is 267 g/mol. The molecule has 0 spiro atoms. The molecule has 1 aromatic rings. The number of nitrogens with zero attached hydrogens (tertiary/aromatic N) is 2. The quantitative estimate of drug-likeness (QED) is 0.675. The lowest BCUT2D eigenvalue weighted by Crippen LogP contribution is -2.25. The highest BCUT2D eigenvalue weighted by atomic mass is 16.5. The van der Waals surface area contributed by atoms with Crippen molar-refractivity contribution in [1.82, 2.24) is 15.3 Å². The molecule has 0 bridgehead atoms. The summed E-state index contributed by atoms with van der Waals surface area (Å²) in [5.41, 5.74) is 0.926. The first-order valence-electron chi connectivity index (χ1n) is 6.45. The normalized spacial score (nSPS) is 10.2. The first-order chi connectivity index (χ1) is 9.26. The van der Waals surface area contributed by atoms with E-state index in [1.54, 1.807) is 19.5 Å². The third-order valence-corrected chi connectivity index (χ3v) is 2.44. The Morgan fingerprint density at radius 1 is 1.37 bits per heavy atom. The van der Waals surface area contributed by atoms with Gasteiger partial charge in [-0.15, -0.1) is 0 Å². The van der Waals surface area contributed by atoms with Crippen molar-refractivity contribution in [2.24, 2.45) is 0 Å². The molecule has 106 valence electrons. The molecule has 0 radical (unpaired) electrons. The zero-order valence-electron chi connectivity index (χ0n) is 11.5. The van der Waals surface area contributed by atoms with Gasteiger partial charge in [-0.2, -0.15) is 0 Å². The Kier molecular flexibility index (Phi) is 7.50. The summed E-state index contributed by atoms with van der Waals surface area (Å²) < 4.78 is 10.1. The molecular formula is C13H21N3O3. The Morgan fingerprint density at radius 2 is 2.11 bits per heavy atom. The molecule has 0 saturated heterocycles. The van der Waals surface area contributed by atoms with Crippen molar-refractivity contribution in [2.45, 2.75) is 26.2 Å². The number of methoxy groups -OCH3 is 1. The van der Waals surface area contributed by atoms with E-state index in [2.05, 4.69) is 15.3 Å². The third kappa shape index (κ3) is 6.71. The van der Waals surface area contributed by atoms with Crippen LogP contribution < -0.4 is 10.1 Å². The number of nitrogens with one attached hydrogen (secondary N) is 1. The van der Waals surface area contributed by atoms with Crippen molar-refractivity contribution in [3.8, 4) is 6.01 Å². The Balaban J connectivity index is 2.22. The van der Waals surface area contributed by atoms with Crippen LogP contribution in [-0.4, -0.2) is 42.7 Å². The minimum Gasteiger partial charge on any atom is -0.464 e. The number of aryl methyl sites for hydroxylation is 1. The maximum absolute atomic E-state index is 11.5. The van der Waals surface area contributed by atoms with Crippen molar-refractivity contribution in [3.63, 3.8) is 0 Å². The summed E-state index contributed by atoms with van der Waals surface area (Å²) in [6.07, 6.45) is 5.27. The van der Waals surface area contributed by atoms with Crippen LogP contribution in [0, 0.1) is 0 Å². The summed E-state index contributed by atoms with van der Waals surface area (Å²) in [7, 11) is 1.65. The predicted octanol–water partition coefficient (Wildman–Crippen LogP) is 0.961. The van der Waals surface area contributed by atoms with E-state index in [0.717, 1.165) is 12.0 Å². The number of hydrogen-bond donors (Lipinski definition) is 1. The van der Waals surface area contributed by atoms with Crippen molar-refractivity contribution in [3.05, 3.63) is 18.0 Å². The highest BCUT2D eigenvalue weighted by Gasteiger charge is 2.03. The topological polar surface area (TPSA) is 73.3 Å². The predicted molar refractivity (Wildman–Crippen MR) is 71.0 cm³/mol. The van der Waals surface area contributed by atoms with E-state index in [1.165, 1.54) is 0 Å². The van der Waals surface area contributed by atoms with Crippen LogP contribution in [0.1, 0.15) is 25.3 Å². The van der Waals surface area contributed by atoms with Gasteiger partial charge in [0.15, 0.2) is 0 Å². The zero-order chi connectivity index (χ0) is 13.9. The fourth-order valence-electron chi connectivity index (χ4n) is 1.47. The lowest BCUT2D eigenvalue weighted by molar-refractivity contribution is -0.121. The molecule has 1 N–H and O–H groups in total. The average Bonchev–Trinajstić information content (AvgIpc) is 2.43.